The van der Waals surface area contributed by atoms with Crippen molar-refractivity contribution in [3.8, 4) is 39.5 Å². The monoisotopic (exact) mass is 361 g/mol. The van der Waals surface area contributed by atoms with Crippen LogP contribution in [0.4, 0.5) is 0 Å². The van der Waals surface area contributed by atoms with Crippen LogP contribution in [0.5, 0.6) is 17.2 Å². The lowest BCUT2D eigenvalue weighted by molar-refractivity contribution is 0.355. The van der Waals surface area contributed by atoms with Crippen LogP contribution in [0.25, 0.3) is 22.3 Å². The molecule has 139 valence electrons. The van der Waals surface area contributed by atoms with E-state index in [1.54, 1.807) is 21.3 Å². The van der Waals surface area contributed by atoms with Crippen LogP contribution in [0.1, 0.15) is 18.9 Å². The lowest BCUT2D eigenvalue weighted by Gasteiger charge is -2.19. The van der Waals surface area contributed by atoms with Crippen LogP contribution >= 0.6 is 0 Å². The quantitative estimate of drug-likeness (QED) is 0.532. The molecule has 0 aliphatic heterocycles. The third-order valence-electron chi connectivity index (χ3n) is 4.63. The van der Waals surface area contributed by atoms with E-state index in [4.69, 9.17) is 14.2 Å². The fourth-order valence-electron chi connectivity index (χ4n) is 3.40. The van der Waals surface area contributed by atoms with Gasteiger partial charge >= 0.3 is 0 Å². The molecule has 3 aromatic carbocycles. The first-order chi connectivity index (χ1) is 13.2. The lowest BCUT2D eigenvalue weighted by atomic mass is 9.88. The molecule has 0 aromatic heterocycles. The molecule has 0 atom stereocenters. The van der Waals surface area contributed by atoms with Crippen LogP contribution < -0.4 is 14.2 Å². The number of hydrogen-bond donors (Lipinski definition) is 0. The summed E-state index contributed by atoms with van der Waals surface area (Å²) in [4.78, 5) is 0. The van der Waals surface area contributed by atoms with E-state index < -0.39 is 0 Å². The first kappa shape index (κ1) is 18.8. The zero-order chi connectivity index (χ0) is 19.2. The van der Waals surface area contributed by atoms with Gasteiger partial charge in [-0.3, -0.25) is 0 Å². The van der Waals surface area contributed by atoms with Gasteiger partial charge in [-0.1, -0.05) is 49.7 Å². The highest BCUT2D eigenvalue weighted by atomic mass is 16.5. The summed E-state index contributed by atoms with van der Waals surface area (Å²) in [6.07, 6.45) is 2.04. The molecule has 3 aromatic rings. The summed E-state index contributed by atoms with van der Waals surface area (Å²) < 4.78 is 16.6. The van der Waals surface area contributed by atoms with Crippen molar-refractivity contribution in [2.45, 2.75) is 19.8 Å². The normalized spacial score (nSPS) is 10.5. The van der Waals surface area contributed by atoms with Crippen LogP contribution in [0.15, 0.2) is 54.6 Å². The van der Waals surface area contributed by atoms with E-state index in [2.05, 4.69) is 43.3 Å². The van der Waals surface area contributed by atoms with Crippen LogP contribution in [0, 0.1) is 6.07 Å². The zero-order valence-electron chi connectivity index (χ0n) is 16.3. The number of ether oxygens (including phenoxy) is 3. The SMILES string of the molecule is CCCc1c[c]c(OC)c(-c2ccc(OC)c(OC)c2)c1-c1ccccc1. The van der Waals surface area contributed by atoms with E-state index in [0.29, 0.717) is 11.5 Å². The van der Waals surface area contributed by atoms with Crippen LogP contribution in [-0.4, -0.2) is 21.3 Å². The Kier molecular flexibility index (Phi) is 6.02. The maximum Gasteiger partial charge on any atom is 0.161 e. The minimum absolute atomic E-state index is 0.692. The Balaban J connectivity index is 2.32. The standard InChI is InChI=1S/C24H25O3/c1-5-9-17-12-15-21(26-3)24(23(17)18-10-7-6-8-11-18)19-13-14-20(25-2)22(16-19)27-4/h6-8,10-14,16H,5,9H2,1-4H3. The van der Waals surface area contributed by atoms with Crippen molar-refractivity contribution in [3.05, 3.63) is 66.2 Å². The Morgan fingerprint density at radius 2 is 1.52 bits per heavy atom. The Labute approximate surface area is 161 Å². The summed E-state index contributed by atoms with van der Waals surface area (Å²) in [5, 5.41) is 0. The predicted octanol–water partition coefficient (Wildman–Crippen LogP) is 5.80. The fraction of sp³-hybridized carbons (Fsp3) is 0.250. The van der Waals surface area contributed by atoms with E-state index in [1.165, 1.54) is 11.1 Å². The van der Waals surface area contributed by atoms with Crippen molar-refractivity contribution in [1.29, 1.82) is 0 Å². The Morgan fingerprint density at radius 1 is 0.778 bits per heavy atom. The average Bonchev–Trinajstić information content (AvgIpc) is 2.73. The second-order valence-corrected chi connectivity index (χ2v) is 6.28. The Bertz CT molecular complexity index is 901. The van der Waals surface area contributed by atoms with Gasteiger partial charge in [0.05, 0.1) is 21.3 Å². The minimum Gasteiger partial charge on any atom is -0.495 e. The third-order valence-corrected chi connectivity index (χ3v) is 4.63. The highest BCUT2D eigenvalue weighted by molar-refractivity contribution is 5.90. The number of rotatable bonds is 7. The van der Waals surface area contributed by atoms with Crippen molar-refractivity contribution >= 4 is 0 Å². The lowest BCUT2D eigenvalue weighted by Crippen LogP contribution is -1.98. The molecule has 0 aliphatic carbocycles. The highest BCUT2D eigenvalue weighted by Crippen LogP contribution is 2.44. The summed E-state index contributed by atoms with van der Waals surface area (Å²) in [6, 6.07) is 21.8. The van der Waals surface area contributed by atoms with E-state index >= 15 is 0 Å². The Morgan fingerprint density at radius 3 is 2.15 bits per heavy atom. The molecule has 0 saturated carbocycles. The van der Waals surface area contributed by atoms with E-state index in [1.807, 2.05) is 24.3 Å². The van der Waals surface area contributed by atoms with Gasteiger partial charge in [0.25, 0.3) is 0 Å². The minimum atomic E-state index is 0.692. The third kappa shape index (κ3) is 3.77. The molecule has 0 N–H and O–H groups in total. The smallest absolute Gasteiger partial charge is 0.161 e. The second-order valence-electron chi connectivity index (χ2n) is 6.28. The van der Waals surface area contributed by atoms with Gasteiger partial charge in [0.2, 0.25) is 0 Å². The van der Waals surface area contributed by atoms with Crippen molar-refractivity contribution in [3.63, 3.8) is 0 Å². The molecule has 0 heterocycles. The zero-order valence-corrected chi connectivity index (χ0v) is 16.3. The van der Waals surface area contributed by atoms with Crippen molar-refractivity contribution in [2.24, 2.45) is 0 Å². The van der Waals surface area contributed by atoms with Gasteiger partial charge in [-0.25, -0.2) is 0 Å². The van der Waals surface area contributed by atoms with E-state index in [9.17, 15) is 0 Å². The number of benzene rings is 3. The fourth-order valence-corrected chi connectivity index (χ4v) is 3.40. The molecule has 1 radical (unpaired) electrons. The number of aryl methyl sites for hydroxylation is 1. The molecular formula is C24H25O3. The van der Waals surface area contributed by atoms with Crippen LogP contribution in [0.3, 0.4) is 0 Å². The molecular weight excluding hydrogens is 336 g/mol. The first-order valence-electron chi connectivity index (χ1n) is 9.12. The van der Waals surface area contributed by atoms with Gasteiger partial charge in [0.15, 0.2) is 11.5 Å². The molecule has 0 aliphatic rings. The van der Waals surface area contributed by atoms with Gasteiger partial charge in [0, 0.05) is 11.6 Å². The van der Waals surface area contributed by atoms with Crippen LogP contribution in [-0.2, 0) is 6.42 Å². The van der Waals surface area contributed by atoms with Gasteiger partial charge in [-0.15, -0.1) is 0 Å². The summed E-state index contributed by atoms with van der Waals surface area (Å²) >= 11 is 0. The molecule has 3 nitrogen and oxygen atoms in total. The van der Waals surface area contributed by atoms with Gasteiger partial charge in [0.1, 0.15) is 5.75 Å². The molecule has 3 heteroatoms. The molecule has 3 rings (SSSR count). The summed E-state index contributed by atoms with van der Waals surface area (Å²) in [6.45, 7) is 2.19. The van der Waals surface area contributed by atoms with Crippen LogP contribution in [0.2, 0.25) is 0 Å². The molecule has 27 heavy (non-hydrogen) atoms. The molecule has 0 unspecified atom stereocenters. The summed E-state index contributed by atoms with van der Waals surface area (Å²) in [7, 11) is 4.98. The summed E-state index contributed by atoms with van der Waals surface area (Å²) in [5.41, 5.74) is 5.64. The number of hydrogen-bond acceptors (Lipinski definition) is 3. The molecule has 0 fully saturated rings. The first-order valence-corrected chi connectivity index (χ1v) is 9.12. The maximum absolute atomic E-state index is 5.70. The largest absolute Gasteiger partial charge is 0.495 e. The maximum atomic E-state index is 5.70. The van der Waals surface area contributed by atoms with E-state index in [0.717, 1.165) is 35.3 Å². The average molecular weight is 361 g/mol. The molecule has 0 bridgehead atoms. The Hall–Kier alpha value is -2.94. The van der Waals surface area contributed by atoms with E-state index in [-0.39, 0.29) is 0 Å². The van der Waals surface area contributed by atoms with Gasteiger partial charge in [-0.2, -0.15) is 0 Å². The molecule has 0 amide bonds. The van der Waals surface area contributed by atoms with Crippen molar-refractivity contribution in [1.82, 2.24) is 0 Å². The predicted molar refractivity (Wildman–Crippen MR) is 110 cm³/mol. The molecule has 0 saturated heterocycles. The van der Waals surface area contributed by atoms with Crippen molar-refractivity contribution in [2.75, 3.05) is 21.3 Å². The van der Waals surface area contributed by atoms with Crippen molar-refractivity contribution < 1.29 is 14.2 Å². The summed E-state index contributed by atoms with van der Waals surface area (Å²) in [5.74, 6) is 2.12. The second kappa shape index (κ2) is 8.63. The van der Waals surface area contributed by atoms with Gasteiger partial charge in [-0.05, 0) is 46.9 Å². The number of methoxy groups -OCH3 is 3. The van der Waals surface area contributed by atoms with Gasteiger partial charge < -0.3 is 14.2 Å². The molecule has 0 spiro atoms. The highest BCUT2D eigenvalue weighted by Gasteiger charge is 2.19. The topological polar surface area (TPSA) is 27.7 Å².